The number of thiazole rings is 1. The van der Waals surface area contributed by atoms with E-state index in [0.717, 1.165) is 33.8 Å². The van der Waals surface area contributed by atoms with Crippen molar-refractivity contribution in [3.8, 4) is 10.8 Å². The molecule has 1 aliphatic heterocycles. The number of rotatable bonds is 5. The summed E-state index contributed by atoms with van der Waals surface area (Å²) in [5.74, 6) is 2.45. The van der Waals surface area contributed by atoms with E-state index in [1.807, 2.05) is 48.5 Å². The summed E-state index contributed by atoms with van der Waals surface area (Å²) < 4.78 is 12.8. The van der Waals surface area contributed by atoms with Crippen LogP contribution in [0.15, 0.2) is 78.7 Å². The van der Waals surface area contributed by atoms with Gasteiger partial charge in [0.15, 0.2) is 15.9 Å². The monoisotopic (exact) mass is 556 g/mol. The number of nitrogens with zero attached hydrogens (tertiary/aromatic N) is 4. The third-order valence-corrected chi connectivity index (χ3v) is 11.0. The van der Waals surface area contributed by atoms with Crippen molar-refractivity contribution in [3.63, 3.8) is 0 Å². The smallest absolute Gasteiger partial charge is 0.267 e. The second-order valence-electron chi connectivity index (χ2n) is 11.2. The summed E-state index contributed by atoms with van der Waals surface area (Å²) in [6.45, 7) is 7.31. The minimum absolute atomic E-state index is 0.0463. The molecular weight excluding hydrogens is 528 g/mol. The Bertz CT molecular complexity index is 1640. The van der Waals surface area contributed by atoms with Crippen molar-refractivity contribution >= 4 is 56.2 Å². The number of para-hydroxylation sites is 1. The third kappa shape index (κ3) is 4.02. The van der Waals surface area contributed by atoms with Gasteiger partial charge in [0.05, 0.1) is 27.9 Å². The van der Waals surface area contributed by atoms with E-state index in [9.17, 15) is 4.79 Å². The second kappa shape index (κ2) is 9.06. The number of amidine groups is 1. The highest BCUT2D eigenvalue weighted by Gasteiger charge is 2.60. The van der Waals surface area contributed by atoms with E-state index in [2.05, 4.69) is 30.9 Å². The topological polar surface area (TPSA) is 84.2 Å². The van der Waals surface area contributed by atoms with Gasteiger partial charge in [-0.15, -0.1) is 16.4 Å². The zero-order valence-electron chi connectivity index (χ0n) is 22.0. The summed E-state index contributed by atoms with van der Waals surface area (Å²) in [6, 6.07) is 15.5. The van der Waals surface area contributed by atoms with Gasteiger partial charge in [0.2, 0.25) is 0 Å². The highest BCUT2D eigenvalue weighted by molar-refractivity contribution is 8.18. The normalized spacial score (nSPS) is 27.3. The first-order valence-electron chi connectivity index (χ1n) is 13.2. The number of furan rings is 2. The average molecular weight is 557 g/mol. The lowest BCUT2D eigenvalue weighted by molar-refractivity contribution is -0.122. The Morgan fingerprint density at radius 1 is 1.13 bits per heavy atom. The SMILES string of the molecule is CC12CCC(C/C1=N\N=C1\S/C(=C\c3ccc(-c4nc5ccccc5s4)o3)C(=O)N1Cc1ccco1)C2(C)C. The van der Waals surface area contributed by atoms with Crippen LogP contribution >= 0.6 is 23.1 Å². The zero-order valence-corrected chi connectivity index (χ0v) is 23.6. The fraction of sp³-hybridized carbons (Fsp3) is 0.333. The molecule has 1 aromatic carbocycles. The molecule has 3 aliphatic rings. The van der Waals surface area contributed by atoms with E-state index < -0.39 is 0 Å². The predicted octanol–water partition coefficient (Wildman–Crippen LogP) is 7.82. The molecule has 7 nitrogen and oxygen atoms in total. The van der Waals surface area contributed by atoms with Gasteiger partial charge < -0.3 is 8.83 Å². The minimum atomic E-state index is -0.146. The summed E-state index contributed by atoms with van der Waals surface area (Å²) in [5.41, 5.74) is 2.35. The standard InChI is InChI=1S/C30H28N4O3S2/c1-29(2)18-12-13-30(29,3)25(15-18)32-33-28-34(17-20-7-6-14-36-20)27(35)24(39-28)16-19-10-11-22(37-19)26-31-21-8-4-5-9-23(21)38-26/h4-11,14,16,18H,12-13,15,17H2,1-3H3/b24-16-,32-25+,33-28+. The van der Waals surface area contributed by atoms with Crippen LogP contribution < -0.4 is 0 Å². The molecule has 0 radical (unpaired) electrons. The van der Waals surface area contributed by atoms with Crippen LogP contribution in [-0.2, 0) is 11.3 Å². The summed E-state index contributed by atoms with van der Waals surface area (Å²) in [4.78, 5) is 20.4. The number of amides is 1. The van der Waals surface area contributed by atoms with E-state index in [1.165, 1.54) is 18.2 Å². The maximum atomic E-state index is 13.5. The molecule has 2 atom stereocenters. The van der Waals surface area contributed by atoms with E-state index in [1.54, 1.807) is 28.6 Å². The Hall–Kier alpha value is -3.43. The molecule has 7 rings (SSSR count). The Kier molecular flexibility index (Phi) is 5.72. The van der Waals surface area contributed by atoms with Crippen molar-refractivity contribution in [2.24, 2.45) is 27.0 Å². The van der Waals surface area contributed by atoms with Gasteiger partial charge in [-0.25, -0.2) is 4.98 Å². The van der Waals surface area contributed by atoms with Crippen molar-refractivity contribution in [2.45, 2.75) is 46.6 Å². The van der Waals surface area contributed by atoms with Crippen LogP contribution in [0.2, 0.25) is 0 Å². The second-order valence-corrected chi connectivity index (χ2v) is 13.2. The predicted molar refractivity (Wildman–Crippen MR) is 156 cm³/mol. The van der Waals surface area contributed by atoms with Crippen LogP contribution in [-0.4, -0.2) is 26.7 Å². The van der Waals surface area contributed by atoms with Gasteiger partial charge in [0.25, 0.3) is 5.91 Å². The molecular formula is C30H28N4O3S2. The van der Waals surface area contributed by atoms with Crippen molar-refractivity contribution < 1.29 is 13.6 Å². The average Bonchev–Trinajstić information content (AvgIpc) is 3.76. The molecule has 4 heterocycles. The van der Waals surface area contributed by atoms with E-state index >= 15 is 0 Å². The molecule has 2 saturated carbocycles. The van der Waals surface area contributed by atoms with Gasteiger partial charge >= 0.3 is 0 Å². The summed E-state index contributed by atoms with van der Waals surface area (Å²) >= 11 is 2.90. The van der Waals surface area contributed by atoms with Crippen LogP contribution in [0.25, 0.3) is 27.1 Å². The van der Waals surface area contributed by atoms with E-state index in [-0.39, 0.29) is 16.7 Å². The molecule has 39 heavy (non-hydrogen) atoms. The van der Waals surface area contributed by atoms with E-state index in [0.29, 0.717) is 39.8 Å². The fourth-order valence-electron chi connectivity index (χ4n) is 6.12. The van der Waals surface area contributed by atoms with Crippen LogP contribution in [0.3, 0.4) is 0 Å². The molecule has 198 valence electrons. The van der Waals surface area contributed by atoms with Gasteiger partial charge in [-0.05, 0) is 78.8 Å². The van der Waals surface area contributed by atoms with Gasteiger partial charge in [0.1, 0.15) is 11.5 Å². The molecule has 2 unspecified atom stereocenters. The van der Waals surface area contributed by atoms with Gasteiger partial charge in [0, 0.05) is 17.2 Å². The highest BCUT2D eigenvalue weighted by atomic mass is 32.2. The number of aromatic nitrogens is 1. The first-order chi connectivity index (χ1) is 18.8. The lowest BCUT2D eigenvalue weighted by atomic mass is 9.70. The minimum Gasteiger partial charge on any atom is -0.467 e. The Balaban J connectivity index is 1.19. The quantitative estimate of drug-likeness (QED) is 0.185. The molecule has 0 spiro atoms. The molecule has 3 fully saturated rings. The van der Waals surface area contributed by atoms with Gasteiger partial charge in [-0.1, -0.05) is 32.9 Å². The number of benzene rings is 1. The number of carbonyl (C=O) groups excluding carboxylic acids is 1. The molecule has 0 N–H and O–H groups in total. The van der Waals surface area contributed by atoms with Crippen molar-refractivity contribution in [3.05, 3.63) is 71.2 Å². The lowest BCUT2D eigenvalue weighted by Crippen LogP contribution is -2.32. The molecule has 4 aromatic rings. The fourth-order valence-corrected chi connectivity index (χ4v) is 7.95. The molecule has 2 bridgehead atoms. The number of fused-ring (bicyclic) bond motifs is 3. The first-order valence-corrected chi connectivity index (χ1v) is 14.8. The van der Waals surface area contributed by atoms with Crippen LogP contribution in [0, 0.1) is 16.7 Å². The van der Waals surface area contributed by atoms with Crippen LogP contribution in [0.4, 0.5) is 0 Å². The molecule has 1 amide bonds. The van der Waals surface area contributed by atoms with Gasteiger partial charge in [-0.2, -0.15) is 5.10 Å². The molecule has 1 saturated heterocycles. The summed E-state index contributed by atoms with van der Waals surface area (Å²) in [6.07, 6.45) is 6.74. The van der Waals surface area contributed by atoms with Crippen molar-refractivity contribution in [1.82, 2.24) is 9.88 Å². The number of thioether (sulfide) groups is 1. The molecule has 2 aliphatic carbocycles. The third-order valence-electron chi connectivity index (χ3n) is 8.96. The number of carbonyl (C=O) groups is 1. The Morgan fingerprint density at radius 2 is 2.00 bits per heavy atom. The van der Waals surface area contributed by atoms with Crippen molar-refractivity contribution in [1.29, 1.82) is 0 Å². The molecule has 3 aromatic heterocycles. The Morgan fingerprint density at radius 3 is 2.74 bits per heavy atom. The zero-order chi connectivity index (χ0) is 26.8. The molecule has 9 heteroatoms. The summed E-state index contributed by atoms with van der Waals surface area (Å²) in [7, 11) is 0. The first kappa shape index (κ1) is 24.6. The largest absolute Gasteiger partial charge is 0.467 e. The van der Waals surface area contributed by atoms with Crippen LogP contribution in [0.1, 0.15) is 51.6 Å². The Labute approximate surface area is 234 Å². The number of hydrogen-bond acceptors (Lipinski definition) is 8. The maximum absolute atomic E-state index is 13.5. The highest BCUT2D eigenvalue weighted by Crippen LogP contribution is 2.64. The van der Waals surface area contributed by atoms with Crippen molar-refractivity contribution in [2.75, 3.05) is 0 Å². The number of hydrogen-bond donors (Lipinski definition) is 0. The lowest BCUT2D eigenvalue weighted by Gasteiger charge is -2.34. The maximum Gasteiger partial charge on any atom is 0.267 e. The van der Waals surface area contributed by atoms with Gasteiger partial charge in [-0.3, -0.25) is 9.69 Å². The van der Waals surface area contributed by atoms with E-state index in [4.69, 9.17) is 13.9 Å². The summed E-state index contributed by atoms with van der Waals surface area (Å²) in [5, 5.41) is 10.8. The van der Waals surface area contributed by atoms with Crippen LogP contribution in [0.5, 0.6) is 0 Å².